The maximum Gasteiger partial charge on any atom is 0.416 e. The van der Waals surface area contributed by atoms with Crippen LogP contribution in [0.1, 0.15) is 22.8 Å². The van der Waals surface area contributed by atoms with Crippen LogP contribution in [0.15, 0.2) is 42.6 Å². The molecule has 0 aliphatic heterocycles. The molecule has 0 radical (unpaired) electrons. The van der Waals surface area contributed by atoms with Crippen molar-refractivity contribution in [2.75, 3.05) is 11.9 Å². The molecule has 1 amide bonds. The van der Waals surface area contributed by atoms with Crippen LogP contribution in [0.3, 0.4) is 0 Å². The summed E-state index contributed by atoms with van der Waals surface area (Å²) in [5, 5.41) is 5.44. The van der Waals surface area contributed by atoms with Crippen LogP contribution in [0.4, 0.5) is 24.7 Å². The van der Waals surface area contributed by atoms with E-state index in [1.807, 2.05) is 0 Å². The number of hydrogen-bond acceptors (Lipinski definition) is 4. The van der Waals surface area contributed by atoms with Crippen molar-refractivity contribution in [3.05, 3.63) is 53.7 Å². The molecule has 8 heteroatoms. The molecule has 128 valence electrons. The number of carbonyl (C=O) groups excluding carboxylic acids is 1. The average Bonchev–Trinajstić information content (AvgIpc) is 2.54. The summed E-state index contributed by atoms with van der Waals surface area (Å²) < 4.78 is 38.3. The summed E-state index contributed by atoms with van der Waals surface area (Å²) >= 11 is 0. The first-order valence-electron chi connectivity index (χ1n) is 7.21. The van der Waals surface area contributed by atoms with Crippen molar-refractivity contribution < 1.29 is 18.0 Å². The van der Waals surface area contributed by atoms with E-state index >= 15 is 0 Å². The fourth-order valence-electron chi connectivity index (χ4n) is 1.96. The van der Waals surface area contributed by atoms with Crippen molar-refractivity contribution in [2.24, 2.45) is 5.73 Å². The molecular weight excluding hydrogens is 321 g/mol. The molecule has 24 heavy (non-hydrogen) atoms. The summed E-state index contributed by atoms with van der Waals surface area (Å²) in [5.74, 6) is -0.242. The van der Waals surface area contributed by atoms with Gasteiger partial charge in [-0.15, -0.1) is 0 Å². The van der Waals surface area contributed by atoms with Gasteiger partial charge in [0.25, 0.3) is 5.91 Å². The van der Waals surface area contributed by atoms with E-state index in [2.05, 4.69) is 15.6 Å². The zero-order valence-electron chi connectivity index (χ0n) is 12.9. The Balaban J connectivity index is 2.26. The van der Waals surface area contributed by atoms with E-state index in [0.29, 0.717) is 0 Å². The Kier molecular flexibility index (Phi) is 5.40. The number of nitrogens with two attached hydrogens (primary N) is 1. The topological polar surface area (TPSA) is 80.0 Å². The van der Waals surface area contributed by atoms with Crippen molar-refractivity contribution in [1.29, 1.82) is 0 Å². The third-order valence-corrected chi connectivity index (χ3v) is 3.24. The van der Waals surface area contributed by atoms with Gasteiger partial charge in [0.1, 0.15) is 5.82 Å². The largest absolute Gasteiger partial charge is 0.416 e. The minimum Gasteiger partial charge on any atom is -0.348 e. The van der Waals surface area contributed by atoms with E-state index in [1.165, 1.54) is 24.4 Å². The van der Waals surface area contributed by atoms with E-state index in [9.17, 15) is 18.0 Å². The van der Waals surface area contributed by atoms with Crippen molar-refractivity contribution in [3.8, 4) is 0 Å². The Morgan fingerprint density at radius 3 is 2.71 bits per heavy atom. The highest BCUT2D eigenvalue weighted by Gasteiger charge is 2.30. The minimum absolute atomic E-state index is 0.165. The number of amides is 1. The van der Waals surface area contributed by atoms with Gasteiger partial charge in [-0.25, -0.2) is 4.98 Å². The van der Waals surface area contributed by atoms with Crippen LogP contribution in [-0.2, 0) is 6.18 Å². The molecule has 2 rings (SSSR count). The zero-order valence-corrected chi connectivity index (χ0v) is 12.9. The van der Waals surface area contributed by atoms with Crippen LogP contribution in [0.5, 0.6) is 0 Å². The van der Waals surface area contributed by atoms with E-state index in [1.54, 1.807) is 13.0 Å². The molecule has 4 N–H and O–H groups in total. The Labute approximate surface area is 137 Å². The first-order valence-corrected chi connectivity index (χ1v) is 7.21. The highest BCUT2D eigenvalue weighted by molar-refractivity contribution is 5.99. The summed E-state index contributed by atoms with van der Waals surface area (Å²) in [4.78, 5) is 16.3. The number of pyridine rings is 1. The van der Waals surface area contributed by atoms with E-state index in [-0.39, 0.29) is 29.7 Å². The Hall–Kier alpha value is -2.61. The van der Waals surface area contributed by atoms with Gasteiger partial charge in [-0.3, -0.25) is 4.79 Å². The van der Waals surface area contributed by atoms with Crippen molar-refractivity contribution in [2.45, 2.75) is 19.1 Å². The number of nitrogens with zero attached hydrogens (tertiary/aromatic N) is 1. The molecule has 1 aromatic carbocycles. The quantitative estimate of drug-likeness (QED) is 0.783. The van der Waals surface area contributed by atoms with Gasteiger partial charge in [0, 0.05) is 24.5 Å². The zero-order chi connectivity index (χ0) is 17.7. The Bertz CT molecular complexity index is 718. The molecule has 0 saturated carbocycles. The second kappa shape index (κ2) is 7.31. The molecule has 0 fully saturated rings. The lowest BCUT2D eigenvalue weighted by Gasteiger charge is -2.15. The van der Waals surface area contributed by atoms with Gasteiger partial charge in [-0.2, -0.15) is 13.2 Å². The van der Waals surface area contributed by atoms with Gasteiger partial charge in [0.05, 0.1) is 11.1 Å². The number of benzene rings is 1. The fourth-order valence-corrected chi connectivity index (χ4v) is 1.96. The van der Waals surface area contributed by atoms with Crippen LogP contribution < -0.4 is 16.4 Å². The predicted molar refractivity (Wildman–Crippen MR) is 84.9 cm³/mol. The molecule has 1 atom stereocenters. The summed E-state index contributed by atoms with van der Waals surface area (Å²) in [7, 11) is 0. The molecule has 0 bridgehead atoms. The van der Waals surface area contributed by atoms with Crippen molar-refractivity contribution in [1.82, 2.24) is 10.3 Å². The maximum atomic E-state index is 12.8. The van der Waals surface area contributed by atoms with Gasteiger partial charge in [0.15, 0.2) is 0 Å². The van der Waals surface area contributed by atoms with Gasteiger partial charge in [-0.1, -0.05) is 6.07 Å². The van der Waals surface area contributed by atoms with Crippen LogP contribution >= 0.6 is 0 Å². The average molecular weight is 338 g/mol. The lowest BCUT2D eigenvalue weighted by atomic mass is 10.1. The molecule has 0 aliphatic rings. The second-order valence-electron chi connectivity index (χ2n) is 5.21. The molecule has 1 heterocycles. The number of halogens is 3. The molecule has 5 nitrogen and oxygen atoms in total. The lowest BCUT2D eigenvalue weighted by Crippen LogP contribution is -2.38. The standard InChI is InChI=1S/C16H17F3N4O/c1-10(9-20)22-15(24)13-6-3-7-21-14(13)23-12-5-2-4-11(8-12)16(17,18)19/h2-8,10H,9,20H2,1H3,(H,21,23)(H,22,24)/t10-/m0/s1. The molecule has 2 aromatic rings. The second-order valence-corrected chi connectivity index (χ2v) is 5.21. The Morgan fingerprint density at radius 2 is 2.04 bits per heavy atom. The third kappa shape index (κ3) is 4.45. The normalized spacial score (nSPS) is 12.5. The number of nitrogens with one attached hydrogen (secondary N) is 2. The highest BCUT2D eigenvalue weighted by atomic mass is 19.4. The summed E-state index contributed by atoms with van der Waals surface area (Å²) in [6.45, 7) is 2.01. The fraction of sp³-hybridized carbons (Fsp3) is 0.250. The van der Waals surface area contributed by atoms with E-state index in [0.717, 1.165) is 12.1 Å². The number of anilines is 2. The van der Waals surface area contributed by atoms with E-state index in [4.69, 9.17) is 5.73 Å². The highest BCUT2D eigenvalue weighted by Crippen LogP contribution is 2.31. The molecule has 1 aromatic heterocycles. The number of carbonyl (C=O) groups is 1. The number of hydrogen-bond donors (Lipinski definition) is 3. The maximum absolute atomic E-state index is 12.8. The SMILES string of the molecule is C[C@@H](CN)NC(=O)c1cccnc1Nc1cccc(C(F)(F)F)c1. The molecular formula is C16H17F3N4O. The molecule has 0 spiro atoms. The van der Waals surface area contributed by atoms with Crippen molar-refractivity contribution in [3.63, 3.8) is 0 Å². The van der Waals surface area contributed by atoms with Gasteiger partial charge in [-0.05, 0) is 37.3 Å². The predicted octanol–water partition coefficient (Wildman–Crippen LogP) is 2.92. The summed E-state index contributed by atoms with van der Waals surface area (Å²) in [6.07, 6.45) is -3.00. The van der Waals surface area contributed by atoms with E-state index < -0.39 is 17.6 Å². The molecule has 0 unspecified atom stereocenters. The van der Waals surface area contributed by atoms with Crippen LogP contribution in [0.25, 0.3) is 0 Å². The van der Waals surface area contributed by atoms with Crippen molar-refractivity contribution >= 4 is 17.4 Å². The number of rotatable bonds is 5. The molecule has 0 saturated heterocycles. The monoisotopic (exact) mass is 338 g/mol. The first kappa shape index (κ1) is 17.7. The van der Waals surface area contributed by atoms with Crippen LogP contribution in [0, 0.1) is 0 Å². The smallest absolute Gasteiger partial charge is 0.348 e. The number of alkyl halides is 3. The minimum atomic E-state index is -4.45. The lowest BCUT2D eigenvalue weighted by molar-refractivity contribution is -0.137. The first-order chi connectivity index (χ1) is 11.3. The van der Waals surface area contributed by atoms with Crippen LogP contribution in [-0.4, -0.2) is 23.5 Å². The van der Waals surface area contributed by atoms with Gasteiger partial charge >= 0.3 is 6.18 Å². The van der Waals surface area contributed by atoms with Gasteiger partial charge in [0.2, 0.25) is 0 Å². The Morgan fingerprint density at radius 1 is 1.29 bits per heavy atom. The summed E-state index contributed by atoms with van der Waals surface area (Å²) in [6, 6.07) is 7.54. The molecule has 0 aliphatic carbocycles. The third-order valence-electron chi connectivity index (χ3n) is 3.24. The number of aromatic nitrogens is 1. The summed E-state index contributed by atoms with van der Waals surface area (Å²) in [5.41, 5.74) is 5.08. The van der Waals surface area contributed by atoms with Gasteiger partial charge < -0.3 is 16.4 Å². The van der Waals surface area contributed by atoms with Crippen LogP contribution in [0.2, 0.25) is 0 Å².